The second-order valence-corrected chi connectivity index (χ2v) is 4.90. The van der Waals surface area contributed by atoms with E-state index in [9.17, 15) is 10.1 Å². The molecule has 104 valence electrons. The Labute approximate surface area is 113 Å². The third-order valence-corrected chi connectivity index (χ3v) is 3.44. The zero-order valence-electron chi connectivity index (χ0n) is 11.4. The molecule has 0 atom stereocenters. The molecule has 0 saturated heterocycles. The molecule has 0 aromatic carbocycles. The molecule has 1 aliphatic carbocycles. The molecule has 0 radical (unpaired) electrons. The maximum atomic E-state index is 10.6. The van der Waals surface area contributed by atoms with Crippen molar-refractivity contribution in [3.8, 4) is 0 Å². The number of nitro groups is 1. The van der Waals surface area contributed by atoms with Crippen molar-refractivity contribution in [3.63, 3.8) is 0 Å². The van der Waals surface area contributed by atoms with Gasteiger partial charge in [0, 0.05) is 25.2 Å². The molecule has 1 heterocycles. The van der Waals surface area contributed by atoms with Crippen molar-refractivity contribution in [2.45, 2.75) is 32.7 Å². The third kappa shape index (κ3) is 3.64. The lowest BCUT2D eigenvalue weighted by atomic mass is 10.2. The zero-order chi connectivity index (χ0) is 13.8. The van der Waals surface area contributed by atoms with E-state index in [1.54, 1.807) is 6.07 Å². The molecule has 0 bridgehead atoms. The Morgan fingerprint density at radius 3 is 2.84 bits per heavy atom. The van der Waals surface area contributed by atoms with Crippen LogP contribution in [-0.2, 0) is 0 Å². The van der Waals surface area contributed by atoms with E-state index < -0.39 is 4.92 Å². The van der Waals surface area contributed by atoms with Crippen molar-refractivity contribution in [3.05, 3.63) is 27.9 Å². The Morgan fingerprint density at radius 2 is 2.32 bits per heavy atom. The van der Waals surface area contributed by atoms with E-state index in [-0.39, 0.29) is 5.69 Å². The molecule has 1 N–H and O–H groups in total. The summed E-state index contributed by atoms with van der Waals surface area (Å²) in [5.41, 5.74) is 0.847. The van der Waals surface area contributed by atoms with Crippen LogP contribution in [-0.4, -0.2) is 40.5 Å². The molecule has 0 spiro atoms. The van der Waals surface area contributed by atoms with E-state index in [1.807, 2.05) is 6.92 Å². The second kappa shape index (κ2) is 5.97. The van der Waals surface area contributed by atoms with Gasteiger partial charge in [-0.2, -0.15) is 0 Å². The van der Waals surface area contributed by atoms with Gasteiger partial charge in [-0.15, -0.1) is 0 Å². The molecule has 1 aromatic heterocycles. The van der Waals surface area contributed by atoms with Gasteiger partial charge in [0.2, 0.25) is 0 Å². The van der Waals surface area contributed by atoms with E-state index in [1.165, 1.54) is 19.0 Å². The summed E-state index contributed by atoms with van der Waals surface area (Å²) < 4.78 is 0. The Balaban J connectivity index is 1.87. The molecule has 1 aromatic rings. The fourth-order valence-electron chi connectivity index (χ4n) is 2.20. The number of rotatable bonds is 7. The SMILES string of the molecule is CCN(CCNc1ncc([N+](=O)[O-])cc1C)C1CC1. The third-order valence-electron chi connectivity index (χ3n) is 3.44. The first-order chi connectivity index (χ1) is 9.11. The molecule has 2 rings (SSSR count). The highest BCUT2D eigenvalue weighted by Crippen LogP contribution is 2.26. The Kier molecular flexibility index (Phi) is 4.31. The average molecular weight is 264 g/mol. The van der Waals surface area contributed by atoms with Crippen LogP contribution in [0.1, 0.15) is 25.3 Å². The highest BCUT2D eigenvalue weighted by molar-refractivity contribution is 5.48. The van der Waals surface area contributed by atoms with Crippen molar-refractivity contribution in [2.75, 3.05) is 25.0 Å². The summed E-state index contributed by atoms with van der Waals surface area (Å²) in [5.74, 6) is 0.734. The van der Waals surface area contributed by atoms with Crippen LogP contribution in [0.25, 0.3) is 0 Å². The van der Waals surface area contributed by atoms with Crippen molar-refractivity contribution in [1.29, 1.82) is 0 Å². The smallest absolute Gasteiger partial charge is 0.287 e. The lowest BCUT2D eigenvalue weighted by Gasteiger charge is -2.20. The van der Waals surface area contributed by atoms with Crippen LogP contribution in [0.15, 0.2) is 12.3 Å². The molecule has 1 aliphatic rings. The second-order valence-electron chi connectivity index (χ2n) is 4.90. The quantitative estimate of drug-likeness (QED) is 0.604. The van der Waals surface area contributed by atoms with Gasteiger partial charge < -0.3 is 5.32 Å². The molecule has 0 unspecified atom stereocenters. The number of aromatic nitrogens is 1. The first kappa shape index (κ1) is 13.7. The van der Waals surface area contributed by atoms with Gasteiger partial charge in [0.15, 0.2) is 0 Å². The molecule has 0 amide bonds. The van der Waals surface area contributed by atoms with Gasteiger partial charge in [-0.1, -0.05) is 6.92 Å². The van der Waals surface area contributed by atoms with E-state index in [2.05, 4.69) is 22.1 Å². The predicted octanol–water partition coefficient (Wildman–Crippen LogP) is 2.19. The van der Waals surface area contributed by atoms with Crippen LogP contribution >= 0.6 is 0 Å². The largest absolute Gasteiger partial charge is 0.369 e. The average Bonchev–Trinajstić information content (AvgIpc) is 3.20. The van der Waals surface area contributed by atoms with Crippen LogP contribution in [0, 0.1) is 17.0 Å². The molecular formula is C13H20N4O2. The Hall–Kier alpha value is -1.69. The van der Waals surface area contributed by atoms with Gasteiger partial charge in [0.05, 0.1) is 4.92 Å². The van der Waals surface area contributed by atoms with Gasteiger partial charge in [0.25, 0.3) is 5.69 Å². The summed E-state index contributed by atoms with van der Waals surface area (Å²) in [7, 11) is 0. The number of hydrogen-bond donors (Lipinski definition) is 1. The summed E-state index contributed by atoms with van der Waals surface area (Å²) in [6, 6.07) is 2.31. The number of anilines is 1. The summed E-state index contributed by atoms with van der Waals surface area (Å²) in [5, 5.41) is 13.9. The van der Waals surface area contributed by atoms with E-state index in [0.717, 1.165) is 37.1 Å². The number of pyridine rings is 1. The van der Waals surface area contributed by atoms with Gasteiger partial charge in [-0.25, -0.2) is 4.98 Å². The molecule has 6 heteroatoms. The topological polar surface area (TPSA) is 71.3 Å². The number of likely N-dealkylation sites (N-methyl/N-ethyl adjacent to an activating group) is 1. The minimum Gasteiger partial charge on any atom is -0.369 e. The molecule has 19 heavy (non-hydrogen) atoms. The molecule has 1 fully saturated rings. The standard InChI is InChI=1S/C13H20N4O2/c1-3-16(11-4-5-11)7-6-14-13-10(2)8-12(9-15-13)17(18)19/h8-9,11H,3-7H2,1-2H3,(H,14,15). The minimum absolute atomic E-state index is 0.0382. The van der Waals surface area contributed by atoms with Gasteiger partial charge >= 0.3 is 0 Å². The molecule has 6 nitrogen and oxygen atoms in total. The van der Waals surface area contributed by atoms with Gasteiger partial charge in [-0.3, -0.25) is 15.0 Å². The van der Waals surface area contributed by atoms with Crippen LogP contribution in [0.2, 0.25) is 0 Å². The number of hydrogen-bond acceptors (Lipinski definition) is 5. The Bertz CT molecular complexity index is 460. The predicted molar refractivity (Wildman–Crippen MR) is 74.4 cm³/mol. The lowest BCUT2D eigenvalue weighted by Crippen LogP contribution is -2.31. The van der Waals surface area contributed by atoms with Crippen molar-refractivity contribution in [2.24, 2.45) is 0 Å². The van der Waals surface area contributed by atoms with Crippen LogP contribution in [0.4, 0.5) is 11.5 Å². The van der Waals surface area contributed by atoms with Crippen molar-refractivity contribution < 1.29 is 4.92 Å². The lowest BCUT2D eigenvalue weighted by molar-refractivity contribution is -0.385. The highest BCUT2D eigenvalue weighted by Gasteiger charge is 2.27. The summed E-state index contributed by atoms with van der Waals surface area (Å²) in [4.78, 5) is 16.8. The first-order valence-electron chi connectivity index (χ1n) is 6.70. The van der Waals surface area contributed by atoms with Gasteiger partial charge in [0.1, 0.15) is 12.0 Å². The normalized spacial score (nSPS) is 14.7. The number of nitrogens with one attached hydrogen (secondary N) is 1. The minimum atomic E-state index is -0.421. The maximum absolute atomic E-state index is 10.6. The molecular weight excluding hydrogens is 244 g/mol. The van der Waals surface area contributed by atoms with Crippen LogP contribution in [0.3, 0.4) is 0 Å². The Morgan fingerprint density at radius 1 is 1.58 bits per heavy atom. The highest BCUT2D eigenvalue weighted by atomic mass is 16.6. The van der Waals surface area contributed by atoms with E-state index >= 15 is 0 Å². The summed E-state index contributed by atoms with van der Waals surface area (Å²) in [6.45, 7) is 6.88. The van der Waals surface area contributed by atoms with Crippen molar-refractivity contribution in [1.82, 2.24) is 9.88 Å². The number of nitrogens with zero attached hydrogens (tertiary/aromatic N) is 3. The summed E-state index contributed by atoms with van der Waals surface area (Å²) >= 11 is 0. The fraction of sp³-hybridized carbons (Fsp3) is 0.615. The van der Waals surface area contributed by atoms with Crippen LogP contribution < -0.4 is 5.32 Å². The maximum Gasteiger partial charge on any atom is 0.287 e. The van der Waals surface area contributed by atoms with Crippen LogP contribution in [0.5, 0.6) is 0 Å². The number of aryl methyl sites for hydroxylation is 1. The monoisotopic (exact) mass is 264 g/mol. The molecule has 0 aliphatic heterocycles. The van der Waals surface area contributed by atoms with E-state index in [4.69, 9.17) is 0 Å². The van der Waals surface area contributed by atoms with E-state index in [0.29, 0.717) is 0 Å². The van der Waals surface area contributed by atoms with Crippen molar-refractivity contribution >= 4 is 11.5 Å². The zero-order valence-corrected chi connectivity index (χ0v) is 11.4. The first-order valence-corrected chi connectivity index (χ1v) is 6.70. The molecule has 1 saturated carbocycles. The fourth-order valence-corrected chi connectivity index (χ4v) is 2.20. The summed E-state index contributed by atoms with van der Waals surface area (Å²) in [6.07, 6.45) is 3.92. The van der Waals surface area contributed by atoms with Gasteiger partial charge in [-0.05, 0) is 31.9 Å².